The zero-order valence-electron chi connectivity index (χ0n) is 21.6. The number of nitrogens with zero attached hydrogens (tertiary/aromatic N) is 2. The summed E-state index contributed by atoms with van der Waals surface area (Å²) >= 11 is 0. The van der Waals surface area contributed by atoms with Gasteiger partial charge in [0.15, 0.2) is 0 Å². The van der Waals surface area contributed by atoms with Gasteiger partial charge in [0.2, 0.25) is 5.95 Å². The minimum Gasteiger partial charge on any atom is -0.491 e. The number of ether oxygens (including phenoxy) is 2. The van der Waals surface area contributed by atoms with Crippen LogP contribution in [0.1, 0.15) is 75.8 Å². The topological polar surface area (TPSA) is 85.6 Å². The summed E-state index contributed by atoms with van der Waals surface area (Å²) in [5.74, 6) is 1.14. The lowest BCUT2D eigenvalue weighted by molar-refractivity contribution is 0.0692. The van der Waals surface area contributed by atoms with Crippen LogP contribution in [0.25, 0.3) is 11.0 Å². The number of imidazole rings is 1. The number of carbonyl (C=O) groups is 1. The lowest BCUT2D eigenvalue weighted by Crippen LogP contribution is -2.29. The van der Waals surface area contributed by atoms with Gasteiger partial charge in [0.1, 0.15) is 5.75 Å². The molecule has 0 unspecified atom stereocenters. The molecule has 35 heavy (non-hydrogen) atoms. The van der Waals surface area contributed by atoms with Gasteiger partial charge in [-0.05, 0) is 86.4 Å². The number of nitrogens with one attached hydrogen (secondary N) is 1. The van der Waals surface area contributed by atoms with Crippen LogP contribution in [0.2, 0.25) is 0 Å². The molecule has 1 aliphatic carbocycles. The summed E-state index contributed by atoms with van der Waals surface area (Å²) < 4.78 is 13.4. The van der Waals surface area contributed by atoms with Crippen molar-refractivity contribution < 1.29 is 19.4 Å². The fraction of sp³-hybridized carbons (Fsp3) is 0.500. The van der Waals surface area contributed by atoms with Crippen molar-refractivity contribution in [3.63, 3.8) is 0 Å². The number of rotatable bonds is 8. The van der Waals surface area contributed by atoms with Gasteiger partial charge in [0.25, 0.3) is 0 Å². The minimum absolute atomic E-state index is 0.111. The van der Waals surface area contributed by atoms with Crippen LogP contribution in [0, 0.1) is 11.3 Å². The monoisotopic (exact) mass is 479 g/mol. The molecule has 0 radical (unpaired) electrons. The highest BCUT2D eigenvalue weighted by Crippen LogP contribution is 2.46. The highest BCUT2D eigenvalue weighted by atomic mass is 16.5. The maximum Gasteiger partial charge on any atom is 0.336 e. The van der Waals surface area contributed by atoms with E-state index in [4.69, 9.17) is 14.5 Å². The van der Waals surface area contributed by atoms with E-state index in [2.05, 4.69) is 30.7 Å². The van der Waals surface area contributed by atoms with Crippen molar-refractivity contribution in [1.82, 2.24) is 9.55 Å². The summed E-state index contributed by atoms with van der Waals surface area (Å²) in [6.45, 7) is 11.2. The molecule has 0 saturated heterocycles. The molecule has 1 aromatic heterocycles. The fourth-order valence-corrected chi connectivity index (χ4v) is 5.63. The van der Waals surface area contributed by atoms with Gasteiger partial charge in [-0.15, -0.1) is 0 Å². The van der Waals surface area contributed by atoms with E-state index >= 15 is 0 Å². The molecule has 1 saturated carbocycles. The molecular formula is C28H37N3O4. The Bertz CT molecular complexity index is 1200. The number of carboxylic acids is 1. The second kappa shape index (κ2) is 9.90. The summed E-state index contributed by atoms with van der Waals surface area (Å²) in [5, 5.41) is 13.3. The number of hydrogen-bond acceptors (Lipinski definition) is 5. The molecule has 0 spiro atoms. The first-order valence-electron chi connectivity index (χ1n) is 12.4. The van der Waals surface area contributed by atoms with Crippen molar-refractivity contribution in [1.29, 1.82) is 0 Å². The number of carboxylic acid groups (broad SMARTS) is 1. The van der Waals surface area contributed by atoms with E-state index < -0.39 is 5.97 Å². The van der Waals surface area contributed by atoms with E-state index in [0.29, 0.717) is 17.0 Å². The molecule has 7 heteroatoms. The van der Waals surface area contributed by atoms with Crippen LogP contribution in [-0.2, 0) is 11.3 Å². The van der Waals surface area contributed by atoms with Gasteiger partial charge >= 0.3 is 5.97 Å². The summed E-state index contributed by atoms with van der Waals surface area (Å²) in [4.78, 5) is 16.8. The molecule has 0 amide bonds. The van der Waals surface area contributed by atoms with Crippen molar-refractivity contribution >= 4 is 28.6 Å². The molecule has 1 heterocycles. The van der Waals surface area contributed by atoms with Crippen LogP contribution in [-0.4, -0.2) is 33.8 Å². The molecule has 3 aromatic rings. The summed E-state index contributed by atoms with van der Waals surface area (Å²) in [6.07, 6.45) is 3.37. The van der Waals surface area contributed by atoms with E-state index in [1.807, 2.05) is 44.2 Å². The first-order chi connectivity index (χ1) is 16.6. The maximum atomic E-state index is 11.9. The average Bonchev–Trinajstić information content (AvgIpc) is 3.09. The predicted molar refractivity (Wildman–Crippen MR) is 139 cm³/mol. The zero-order valence-corrected chi connectivity index (χ0v) is 21.6. The smallest absolute Gasteiger partial charge is 0.336 e. The zero-order chi connectivity index (χ0) is 25.3. The predicted octanol–water partition coefficient (Wildman–Crippen LogP) is 6.80. The van der Waals surface area contributed by atoms with E-state index in [1.165, 1.54) is 6.42 Å². The van der Waals surface area contributed by atoms with Gasteiger partial charge in [-0.25, -0.2) is 9.78 Å². The molecule has 1 fully saturated rings. The SMILES string of the molecule is COCc1cc2c(cc1C(=O)O)nc(Nc1ccc(OC(C)C)cc1)n2[C@H]1C[C@@H](C)CC(C)(C)C1. The minimum atomic E-state index is -0.976. The van der Waals surface area contributed by atoms with Crippen molar-refractivity contribution in [2.24, 2.45) is 11.3 Å². The maximum absolute atomic E-state index is 11.9. The van der Waals surface area contributed by atoms with Gasteiger partial charge in [0.05, 0.1) is 29.3 Å². The average molecular weight is 480 g/mol. The van der Waals surface area contributed by atoms with E-state index in [1.54, 1.807) is 13.2 Å². The molecular weight excluding hydrogens is 442 g/mol. The number of hydrogen-bond donors (Lipinski definition) is 2. The number of aromatic nitrogens is 2. The van der Waals surface area contributed by atoms with Gasteiger partial charge < -0.3 is 24.5 Å². The summed E-state index contributed by atoms with van der Waals surface area (Å²) in [7, 11) is 1.58. The number of benzene rings is 2. The quantitative estimate of drug-likeness (QED) is 0.370. The lowest BCUT2D eigenvalue weighted by atomic mass is 9.70. The Morgan fingerprint density at radius 2 is 1.94 bits per heavy atom. The largest absolute Gasteiger partial charge is 0.491 e. The number of aromatic carboxylic acids is 1. The van der Waals surface area contributed by atoms with Gasteiger partial charge in [0, 0.05) is 18.8 Å². The standard InChI is InChI=1S/C28H37N3O4/c1-17(2)35-22-9-7-20(8-10-22)29-27-30-24-13-23(26(32)33)19(16-34-6)12-25(24)31(27)21-11-18(3)14-28(4,5)15-21/h7-10,12-13,17-18,21H,11,14-16H2,1-6H3,(H,29,30)(H,32,33)/t18-,21+/m1/s1. The van der Waals surface area contributed by atoms with Crippen molar-refractivity contribution in [2.45, 2.75) is 72.6 Å². The third-order valence-corrected chi connectivity index (χ3v) is 6.66. The Hall–Kier alpha value is -3.06. The van der Waals surface area contributed by atoms with E-state index in [-0.39, 0.29) is 29.7 Å². The molecule has 4 rings (SSSR count). The van der Waals surface area contributed by atoms with Crippen molar-refractivity contribution in [2.75, 3.05) is 12.4 Å². The molecule has 0 bridgehead atoms. The Labute approximate surface area is 207 Å². The van der Waals surface area contributed by atoms with Crippen LogP contribution in [0.15, 0.2) is 36.4 Å². The highest BCUT2D eigenvalue weighted by molar-refractivity contribution is 5.95. The van der Waals surface area contributed by atoms with Crippen LogP contribution >= 0.6 is 0 Å². The van der Waals surface area contributed by atoms with Gasteiger partial charge in [-0.2, -0.15) is 0 Å². The third-order valence-electron chi connectivity index (χ3n) is 6.66. The third kappa shape index (κ3) is 5.61. The first kappa shape index (κ1) is 25.0. The Morgan fingerprint density at radius 3 is 2.54 bits per heavy atom. The van der Waals surface area contributed by atoms with Gasteiger partial charge in [-0.1, -0.05) is 20.8 Å². The summed E-state index contributed by atoms with van der Waals surface area (Å²) in [6, 6.07) is 11.7. The fourth-order valence-electron chi connectivity index (χ4n) is 5.63. The van der Waals surface area contributed by atoms with Crippen molar-refractivity contribution in [3.8, 4) is 5.75 Å². The number of methoxy groups -OCH3 is 1. The second-order valence-corrected chi connectivity index (χ2v) is 10.9. The number of anilines is 2. The number of fused-ring (bicyclic) bond motifs is 1. The molecule has 2 aromatic carbocycles. The Morgan fingerprint density at radius 1 is 1.23 bits per heavy atom. The van der Waals surface area contributed by atoms with Crippen LogP contribution in [0.4, 0.5) is 11.6 Å². The normalized spacial score (nSPS) is 19.7. The molecule has 0 aliphatic heterocycles. The molecule has 1 aliphatic rings. The highest BCUT2D eigenvalue weighted by Gasteiger charge is 2.35. The Kier molecular flexibility index (Phi) is 7.08. The van der Waals surface area contributed by atoms with Crippen LogP contribution < -0.4 is 10.1 Å². The lowest BCUT2D eigenvalue weighted by Gasteiger charge is -2.40. The first-order valence-corrected chi connectivity index (χ1v) is 12.4. The second-order valence-electron chi connectivity index (χ2n) is 10.9. The molecule has 7 nitrogen and oxygen atoms in total. The molecule has 2 N–H and O–H groups in total. The molecule has 2 atom stereocenters. The van der Waals surface area contributed by atoms with Crippen LogP contribution in [0.5, 0.6) is 5.75 Å². The Balaban J connectivity index is 1.81. The van der Waals surface area contributed by atoms with Crippen molar-refractivity contribution in [3.05, 3.63) is 47.5 Å². The van der Waals surface area contributed by atoms with Crippen LogP contribution in [0.3, 0.4) is 0 Å². The molecule has 188 valence electrons. The van der Waals surface area contributed by atoms with Gasteiger partial charge in [-0.3, -0.25) is 0 Å². The summed E-state index contributed by atoms with van der Waals surface area (Å²) in [5.41, 5.74) is 3.58. The van der Waals surface area contributed by atoms with E-state index in [9.17, 15) is 9.90 Å². The van der Waals surface area contributed by atoms with E-state index in [0.717, 1.165) is 35.7 Å².